The van der Waals surface area contributed by atoms with Gasteiger partial charge in [-0.25, -0.2) is 5.01 Å². The van der Waals surface area contributed by atoms with Crippen molar-refractivity contribution in [2.24, 2.45) is 0 Å². The van der Waals surface area contributed by atoms with Crippen LogP contribution in [0.25, 0.3) is 0 Å². The van der Waals surface area contributed by atoms with Gasteiger partial charge in [0.05, 0.1) is 24.5 Å². The molecule has 2 heterocycles. The Morgan fingerprint density at radius 1 is 1.11 bits per heavy atom. The van der Waals surface area contributed by atoms with Crippen LogP contribution in [0.4, 0.5) is 11.4 Å². The summed E-state index contributed by atoms with van der Waals surface area (Å²) in [5.41, 5.74) is 4.59. The van der Waals surface area contributed by atoms with E-state index in [1.54, 1.807) is 12.0 Å². The number of ether oxygens (including phenoxy) is 1. The van der Waals surface area contributed by atoms with Gasteiger partial charge in [0.15, 0.2) is 0 Å². The lowest BCUT2D eigenvalue weighted by molar-refractivity contribution is -0.118. The van der Waals surface area contributed by atoms with Gasteiger partial charge < -0.3 is 14.6 Å². The summed E-state index contributed by atoms with van der Waals surface area (Å²) in [5, 5.41) is 4.72. The Labute approximate surface area is 167 Å². The van der Waals surface area contributed by atoms with Gasteiger partial charge in [-0.3, -0.25) is 4.79 Å². The second-order valence-corrected chi connectivity index (χ2v) is 7.71. The third-order valence-electron chi connectivity index (χ3n) is 6.12. The second kappa shape index (κ2) is 7.84. The summed E-state index contributed by atoms with van der Waals surface area (Å²) in [6.45, 7) is 1.02. The van der Waals surface area contributed by atoms with E-state index in [-0.39, 0.29) is 5.91 Å². The van der Waals surface area contributed by atoms with Gasteiger partial charge in [0.2, 0.25) is 5.91 Å². The number of carbonyl (C=O) groups excluding carboxylic acids is 1. The van der Waals surface area contributed by atoms with Gasteiger partial charge in [0, 0.05) is 33.1 Å². The van der Waals surface area contributed by atoms with E-state index in [0.717, 1.165) is 36.5 Å². The maximum absolute atomic E-state index is 12.1. The molecule has 0 unspecified atom stereocenters. The fourth-order valence-electron chi connectivity index (χ4n) is 4.50. The maximum atomic E-state index is 12.1. The lowest BCUT2D eigenvalue weighted by Gasteiger charge is -2.43. The van der Waals surface area contributed by atoms with Crippen LogP contribution in [0.3, 0.4) is 0 Å². The highest BCUT2D eigenvalue weighted by molar-refractivity contribution is 5.96. The molecule has 1 atom stereocenters. The van der Waals surface area contributed by atoms with Crippen molar-refractivity contribution < 1.29 is 9.53 Å². The minimum Gasteiger partial charge on any atom is -0.494 e. The molecular weight excluding hydrogens is 350 g/mol. The van der Waals surface area contributed by atoms with Crippen LogP contribution in [0.15, 0.2) is 42.5 Å². The predicted octanol–water partition coefficient (Wildman–Crippen LogP) is 4.18. The molecule has 5 heteroatoms. The Kier molecular flexibility index (Phi) is 5.27. The Morgan fingerprint density at radius 2 is 1.89 bits per heavy atom. The van der Waals surface area contributed by atoms with Crippen molar-refractivity contribution in [3.63, 3.8) is 0 Å². The van der Waals surface area contributed by atoms with Crippen molar-refractivity contribution in [3.8, 4) is 5.75 Å². The minimum absolute atomic E-state index is 0.163. The van der Waals surface area contributed by atoms with Crippen LogP contribution < -0.4 is 14.6 Å². The number of hydrazine groups is 1. The molecular formula is C23H29N3O2. The molecule has 4 rings (SSSR count). The van der Waals surface area contributed by atoms with Gasteiger partial charge in [-0.2, -0.15) is 0 Å². The SMILES string of the molecule is COc1cc2c(cc1N(C)N1CCCC[C@H]1c1ccccc1)CCC(=O)N2C. The third-order valence-corrected chi connectivity index (χ3v) is 6.12. The zero-order chi connectivity index (χ0) is 19.7. The number of piperidine rings is 1. The first kappa shape index (κ1) is 18.8. The smallest absolute Gasteiger partial charge is 0.227 e. The lowest BCUT2D eigenvalue weighted by Crippen LogP contribution is -2.45. The molecule has 2 aromatic carbocycles. The highest BCUT2D eigenvalue weighted by Crippen LogP contribution is 2.41. The minimum atomic E-state index is 0.163. The summed E-state index contributed by atoms with van der Waals surface area (Å²) in [7, 11) is 5.68. The molecule has 5 nitrogen and oxygen atoms in total. The maximum Gasteiger partial charge on any atom is 0.227 e. The summed E-state index contributed by atoms with van der Waals surface area (Å²) < 4.78 is 5.74. The van der Waals surface area contributed by atoms with Gasteiger partial charge >= 0.3 is 0 Å². The number of nitrogens with zero attached hydrogens (tertiary/aromatic N) is 3. The average Bonchev–Trinajstić information content (AvgIpc) is 2.75. The molecule has 0 bridgehead atoms. The molecule has 2 aliphatic rings. The van der Waals surface area contributed by atoms with E-state index >= 15 is 0 Å². The Bertz CT molecular complexity index is 852. The molecule has 2 aromatic rings. The molecule has 148 valence electrons. The topological polar surface area (TPSA) is 36.0 Å². The number of hydrogen-bond acceptors (Lipinski definition) is 4. The van der Waals surface area contributed by atoms with Gasteiger partial charge in [-0.05, 0) is 36.5 Å². The van der Waals surface area contributed by atoms with Crippen molar-refractivity contribution in [3.05, 3.63) is 53.6 Å². The van der Waals surface area contributed by atoms with Gasteiger partial charge in [-0.15, -0.1) is 0 Å². The largest absolute Gasteiger partial charge is 0.494 e. The molecule has 1 fully saturated rings. The number of aryl methyl sites for hydroxylation is 1. The first-order chi connectivity index (χ1) is 13.6. The number of hydrogen-bond donors (Lipinski definition) is 0. The molecule has 1 amide bonds. The van der Waals surface area contributed by atoms with Crippen molar-refractivity contribution in [1.29, 1.82) is 0 Å². The van der Waals surface area contributed by atoms with Gasteiger partial charge in [0.25, 0.3) is 0 Å². The molecule has 0 aliphatic carbocycles. The Hall–Kier alpha value is -2.53. The van der Waals surface area contributed by atoms with Crippen LogP contribution >= 0.6 is 0 Å². The van der Waals surface area contributed by atoms with Crippen molar-refractivity contribution in [2.45, 2.75) is 38.1 Å². The zero-order valence-electron chi connectivity index (χ0n) is 17.0. The van der Waals surface area contributed by atoms with Crippen molar-refractivity contribution >= 4 is 17.3 Å². The van der Waals surface area contributed by atoms with E-state index < -0.39 is 0 Å². The number of fused-ring (bicyclic) bond motifs is 1. The molecule has 1 saturated heterocycles. The average molecular weight is 380 g/mol. The molecule has 0 aromatic heterocycles. The zero-order valence-corrected chi connectivity index (χ0v) is 17.0. The monoisotopic (exact) mass is 379 g/mol. The molecule has 0 spiro atoms. The first-order valence-electron chi connectivity index (χ1n) is 10.1. The number of rotatable bonds is 4. The van der Waals surface area contributed by atoms with Gasteiger partial charge in [-0.1, -0.05) is 36.8 Å². The quantitative estimate of drug-likeness (QED) is 0.798. The van der Waals surface area contributed by atoms with Crippen LogP contribution in [0.1, 0.15) is 42.9 Å². The molecule has 0 saturated carbocycles. The summed E-state index contributed by atoms with van der Waals surface area (Å²) in [6.07, 6.45) is 4.94. The second-order valence-electron chi connectivity index (χ2n) is 7.71. The number of carbonyl (C=O) groups is 1. The van der Waals surface area contributed by atoms with Crippen molar-refractivity contribution in [1.82, 2.24) is 5.01 Å². The summed E-state index contributed by atoms with van der Waals surface area (Å²) >= 11 is 0. The van der Waals surface area contributed by atoms with E-state index in [2.05, 4.69) is 53.5 Å². The molecule has 28 heavy (non-hydrogen) atoms. The van der Waals surface area contributed by atoms with Crippen LogP contribution in [-0.2, 0) is 11.2 Å². The molecule has 2 aliphatic heterocycles. The van der Waals surface area contributed by atoms with Crippen LogP contribution in [0, 0.1) is 0 Å². The summed E-state index contributed by atoms with van der Waals surface area (Å²) in [6, 6.07) is 15.3. The number of amides is 1. The molecule has 0 N–H and O–H groups in total. The number of methoxy groups -OCH3 is 1. The standard InChI is InChI=1S/C23H29N3O2/c1-24-20-16-22(28-3)21(15-18(20)12-13-23(24)27)25(2)26-14-8-7-11-19(26)17-9-5-4-6-10-17/h4-6,9-10,15-16,19H,7-8,11-14H2,1-3H3/t19-/m0/s1. The predicted molar refractivity (Wildman–Crippen MR) is 113 cm³/mol. The fraction of sp³-hybridized carbons (Fsp3) is 0.435. The third kappa shape index (κ3) is 3.35. The summed E-state index contributed by atoms with van der Waals surface area (Å²) in [5.74, 6) is 0.969. The van der Waals surface area contributed by atoms with E-state index in [1.807, 2.05) is 13.1 Å². The Balaban J connectivity index is 1.70. The van der Waals surface area contributed by atoms with Gasteiger partial charge in [0.1, 0.15) is 5.75 Å². The summed E-state index contributed by atoms with van der Waals surface area (Å²) in [4.78, 5) is 13.8. The molecule has 0 radical (unpaired) electrons. The highest BCUT2D eigenvalue weighted by Gasteiger charge is 2.30. The van der Waals surface area contributed by atoms with Crippen LogP contribution in [-0.4, -0.2) is 38.7 Å². The van der Waals surface area contributed by atoms with E-state index in [1.165, 1.54) is 24.0 Å². The van der Waals surface area contributed by atoms with E-state index in [0.29, 0.717) is 12.5 Å². The Morgan fingerprint density at radius 3 is 2.64 bits per heavy atom. The lowest BCUT2D eigenvalue weighted by atomic mass is 9.96. The van der Waals surface area contributed by atoms with E-state index in [9.17, 15) is 4.79 Å². The number of benzene rings is 2. The van der Waals surface area contributed by atoms with Crippen LogP contribution in [0.5, 0.6) is 5.75 Å². The van der Waals surface area contributed by atoms with E-state index in [4.69, 9.17) is 4.74 Å². The van der Waals surface area contributed by atoms with Crippen LogP contribution in [0.2, 0.25) is 0 Å². The highest BCUT2D eigenvalue weighted by atomic mass is 16.5. The fourth-order valence-corrected chi connectivity index (χ4v) is 4.50. The number of anilines is 2. The first-order valence-corrected chi connectivity index (χ1v) is 10.1. The normalized spacial score (nSPS) is 20.0. The van der Waals surface area contributed by atoms with Crippen molar-refractivity contribution in [2.75, 3.05) is 37.7 Å².